The molecule has 0 aliphatic carbocycles. The van der Waals surface area contributed by atoms with Gasteiger partial charge in [0, 0.05) is 37.3 Å². The smallest absolute Gasteiger partial charge is 0.253 e. The summed E-state index contributed by atoms with van der Waals surface area (Å²) >= 11 is 0. The third-order valence-corrected chi connectivity index (χ3v) is 8.42. The topological polar surface area (TPSA) is 32.8 Å². The van der Waals surface area contributed by atoms with Gasteiger partial charge in [-0.25, -0.2) is 0 Å². The maximum absolute atomic E-state index is 12.9. The predicted molar refractivity (Wildman–Crippen MR) is 156 cm³/mol. The lowest BCUT2D eigenvalue weighted by Gasteiger charge is -2.37. The van der Waals surface area contributed by atoms with E-state index in [4.69, 9.17) is 4.74 Å². The van der Waals surface area contributed by atoms with Gasteiger partial charge in [-0.2, -0.15) is 0 Å². The number of fused-ring (bicyclic) bond motifs is 2. The van der Waals surface area contributed by atoms with Crippen molar-refractivity contribution in [1.29, 1.82) is 0 Å². The molecule has 3 aromatic rings. The number of amides is 1. The minimum atomic E-state index is 0.109. The van der Waals surface area contributed by atoms with Crippen LogP contribution in [0.2, 0.25) is 0 Å². The first-order chi connectivity index (χ1) is 18.6. The summed E-state index contributed by atoms with van der Waals surface area (Å²) in [7, 11) is 1.73. The second-order valence-electron chi connectivity index (χ2n) is 10.5. The van der Waals surface area contributed by atoms with Crippen molar-refractivity contribution in [1.82, 2.24) is 9.80 Å². The molecule has 198 valence electrons. The van der Waals surface area contributed by atoms with Crippen molar-refractivity contribution in [2.75, 3.05) is 26.7 Å². The normalized spacial score (nSPS) is 18.9. The first-order valence-corrected chi connectivity index (χ1v) is 14.2. The van der Waals surface area contributed by atoms with E-state index in [1.54, 1.807) is 12.7 Å². The fourth-order valence-electron chi connectivity index (χ4n) is 6.41. The van der Waals surface area contributed by atoms with E-state index in [1.165, 1.54) is 35.1 Å². The number of ether oxygens (including phenoxy) is 1. The summed E-state index contributed by atoms with van der Waals surface area (Å²) in [5.41, 5.74) is 7.51. The van der Waals surface area contributed by atoms with Crippen molar-refractivity contribution in [3.8, 4) is 5.75 Å². The van der Waals surface area contributed by atoms with Gasteiger partial charge in [-0.05, 0) is 92.5 Å². The van der Waals surface area contributed by atoms with Crippen LogP contribution in [0.15, 0.2) is 84.4 Å². The Morgan fingerprint density at radius 1 is 0.842 bits per heavy atom. The zero-order chi connectivity index (χ0) is 26.5. The molecule has 2 fully saturated rings. The highest BCUT2D eigenvalue weighted by Gasteiger charge is 2.39. The van der Waals surface area contributed by atoms with E-state index in [-0.39, 0.29) is 5.91 Å². The van der Waals surface area contributed by atoms with Crippen LogP contribution in [-0.2, 0) is 6.42 Å². The number of carbonyl (C=O) groups excluding carboxylic acids is 1. The molecule has 2 saturated heterocycles. The number of nitrogens with zero attached hydrogens (tertiary/aromatic N) is 2. The molecule has 0 N–H and O–H groups in total. The van der Waals surface area contributed by atoms with Crippen molar-refractivity contribution in [2.24, 2.45) is 0 Å². The number of piperidine rings is 1. The standard InChI is InChI=1S/C34H40N2O2/c1-4-35(5-2)34(37)28-16-14-27(15-17-28)33(26-11-7-6-8-12-26)29-23-30-18-19-31(24-29)36(30)21-20-25-10-9-13-32(22-25)38-3/h6-17,22,30-31H,4-5,18-21,23-24H2,1-3H3. The summed E-state index contributed by atoms with van der Waals surface area (Å²) < 4.78 is 5.43. The number of hydrogen-bond acceptors (Lipinski definition) is 3. The Balaban J connectivity index is 1.39. The van der Waals surface area contributed by atoms with Crippen LogP contribution in [0.5, 0.6) is 5.75 Å². The highest BCUT2D eigenvalue weighted by molar-refractivity contribution is 5.95. The molecule has 0 aromatic heterocycles. The number of methoxy groups -OCH3 is 1. The zero-order valence-corrected chi connectivity index (χ0v) is 23.0. The lowest BCUT2D eigenvalue weighted by molar-refractivity contribution is 0.0773. The van der Waals surface area contributed by atoms with E-state index in [1.807, 2.05) is 36.9 Å². The first-order valence-electron chi connectivity index (χ1n) is 14.2. The van der Waals surface area contributed by atoms with Crippen molar-refractivity contribution in [3.63, 3.8) is 0 Å². The molecule has 5 rings (SSSR count). The molecule has 4 heteroatoms. The summed E-state index contributed by atoms with van der Waals surface area (Å²) in [6.07, 6.45) is 5.81. The molecule has 2 heterocycles. The van der Waals surface area contributed by atoms with Gasteiger partial charge in [0.05, 0.1) is 7.11 Å². The average molecular weight is 509 g/mol. The van der Waals surface area contributed by atoms with Crippen LogP contribution in [0.3, 0.4) is 0 Å². The molecule has 2 aliphatic rings. The predicted octanol–water partition coefficient (Wildman–Crippen LogP) is 6.85. The van der Waals surface area contributed by atoms with Crippen molar-refractivity contribution in [2.45, 2.75) is 58.0 Å². The van der Waals surface area contributed by atoms with E-state index in [0.29, 0.717) is 12.1 Å². The second kappa shape index (κ2) is 12.0. The summed E-state index contributed by atoms with van der Waals surface area (Å²) in [4.78, 5) is 17.5. The maximum atomic E-state index is 12.9. The SMILES string of the molecule is CCN(CC)C(=O)c1ccc(C(=C2CC3CCC(C2)N3CCc2cccc(OC)c2)c2ccccc2)cc1. The van der Waals surface area contributed by atoms with E-state index >= 15 is 0 Å². The van der Waals surface area contributed by atoms with Gasteiger partial charge < -0.3 is 9.64 Å². The molecular formula is C34H40N2O2. The number of carbonyl (C=O) groups is 1. The minimum Gasteiger partial charge on any atom is -0.497 e. The fourth-order valence-corrected chi connectivity index (χ4v) is 6.41. The van der Waals surface area contributed by atoms with Crippen molar-refractivity contribution < 1.29 is 9.53 Å². The highest BCUT2D eigenvalue weighted by Crippen LogP contribution is 2.43. The van der Waals surface area contributed by atoms with Crippen LogP contribution in [0, 0.1) is 0 Å². The monoisotopic (exact) mass is 508 g/mol. The molecule has 0 spiro atoms. The molecule has 3 aromatic carbocycles. The third-order valence-electron chi connectivity index (χ3n) is 8.42. The van der Waals surface area contributed by atoms with Crippen LogP contribution in [0.4, 0.5) is 0 Å². The van der Waals surface area contributed by atoms with Gasteiger partial charge in [-0.1, -0.05) is 60.2 Å². The van der Waals surface area contributed by atoms with E-state index in [0.717, 1.165) is 50.2 Å². The quantitative estimate of drug-likeness (QED) is 0.317. The van der Waals surface area contributed by atoms with E-state index < -0.39 is 0 Å². The minimum absolute atomic E-state index is 0.109. The van der Waals surface area contributed by atoms with Crippen molar-refractivity contribution >= 4 is 11.5 Å². The Morgan fingerprint density at radius 2 is 1.47 bits per heavy atom. The van der Waals surface area contributed by atoms with Crippen LogP contribution in [-0.4, -0.2) is 54.5 Å². The van der Waals surface area contributed by atoms with Crippen LogP contribution in [0.1, 0.15) is 66.6 Å². The highest BCUT2D eigenvalue weighted by atomic mass is 16.5. The van der Waals surface area contributed by atoms with Gasteiger partial charge >= 0.3 is 0 Å². The Kier molecular flexibility index (Phi) is 8.29. The second-order valence-corrected chi connectivity index (χ2v) is 10.5. The van der Waals surface area contributed by atoms with Gasteiger partial charge in [-0.3, -0.25) is 9.69 Å². The summed E-state index contributed by atoms with van der Waals surface area (Å²) in [6, 6.07) is 28.8. The summed E-state index contributed by atoms with van der Waals surface area (Å²) in [5.74, 6) is 1.05. The Bertz CT molecular complexity index is 1250. The Morgan fingerprint density at radius 3 is 2.11 bits per heavy atom. The maximum Gasteiger partial charge on any atom is 0.253 e. The van der Waals surface area contributed by atoms with Crippen LogP contribution >= 0.6 is 0 Å². The molecule has 2 unspecified atom stereocenters. The van der Waals surface area contributed by atoms with Gasteiger partial charge in [0.2, 0.25) is 0 Å². The Hall–Kier alpha value is -3.37. The summed E-state index contributed by atoms with van der Waals surface area (Å²) in [6.45, 7) is 6.62. The molecule has 2 bridgehead atoms. The zero-order valence-electron chi connectivity index (χ0n) is 23.0. The average Bonchev–Trinajstić information content (AvgIpc) is 3.20. The van der Waals surface area contributed by atoms with Gasteiger partial charge in [0.15, 0.2) is 0 Å². The van der Waals surface area contributed by atoms with Gasteiger partial charge in [0.25, 0.3) is 5.91 Å². The van der Waals surface area contributed by atoms with Gasteiger partial charge in [-0.15, -0.1) is 0 Å². The summed E-state index contributed by atoms with van der Waals surface area (Å²) in [5, 5.41) is 0. The molecule has 0 saturated carbocycles. The van der Waals surface area contributed by atoms with Crippen LogP contribution in [0.25, 0.3) is 5.57 Å². The van der Waals surface area contributed by atoms with Crippen LogP contribution < -0.4 is 4.74 Å². The lowest BCUT2D eigenvalue weighted by atomic mass is 9.85. The Labute approximate surface area is 227 Å². The lowest BCUT2D eigenvalue weighted by Crippen LogP contribution is -2.41. The fraction of sp³-hybridized carbons (Fsp3) is 0.382. The number of hydrogen-bond donors (Lipinski definition) is 0. The third kappa shape index (κ3) is 5.56. The molecule has 1 amide bonds. The van der Waals surface area contributed by atoms with E-state index in [9.17, 15) is 4.79 Å². The van der Waals surface area contributed by atoms with E-state index in [2.05, 4.69) is 65.6 Å². The molecule has 2 atom stereocenters. The first kappa shape index (κ1) is 26.2. The molecule has 2 aliphatic heterocycles. The molecule has 0 radical (unpaired) electrons. The molecule has 38 heavy (non-hydrogen) atoms. The largest absolute Gasteiger partial charge is 0.497 e. The number of benzene rings is 3. The molecule has 4 nitrogen and oxygen atoms in total. The van der Waals surface area contributed by atoms with Gasteiger partial charge in [0.1, 0.15) is 5.75 Å². The number of rotatable bonds is 9. The van der Waals surface area contributed by atoms with Crippen molar-refractivity contribution in [3.05, 3.63) is 107 Å². The molecular weight excluding hydrogens is 468 g/mol.